The van der Waals surface area contributed by atoms with Gasteiger partial charge in [-0.2, -0.15) is 0 Å². The number of carbonyl (C=O) groups is 2. The van der Waals surface area contributed by atoms with E-state index in [4.69, 9.17) is 9.47 Å². The molecule has 0 atom stereocenters. The fourth-order valence-corrected chi connectivity index (χ4v) is 3.88. The Labute approximate surface area is 161 Å². The summed E-state index contributed by atoms with van der Waals surface area (Å²) >= 11 is 1.32. The Morgan fingerprint density at radius 3 is 2.85 bits per heavy atom. The molecule has 0 unspecified atom stereocenters. The maximum atomic E-state index is 12.4. The number of ether oxygens (including phenoxy) is 2. The molecular weight excluding hydrogens is 366 g/mol. The van der Waals surface area contributed by atoms with Crippen molar-refractivity contribution in [2.24, 2.45) is 5.92 Å². The minimum Gasteiger partial charge on any atom is -0.454 e. The van der Waals surface area contributed by atoms with E-state index in [0.29, 0.717) is 33.8 Å². The number of aromatic nitrogens is 1. The first-order valence-corrected chi connectivity index (χ1v) is 9.89. The summed E-state index contributed by atoms with van der Waals surface area (Å²) in [5.74, 6) is 1.70. The number of nitrogens with one attached hydrogen (secondary N) is 1. The minimum atomic E-state index is -0.273. The van der Waals surface area contributed by atoms with Crippen LogP contribution in [0.25, 0.3) is 0 Å². The fourth-order valence-electron chi connectivity index (χ4n) is 3.18. The summed E-state index contributed by atoms with van der Waals surface area (Å²) in [5.41, 5.74) is 1.15. The molecule has 1 N–H and O–H groups in total. The maximum absolute atomic E-state index is 12.4. The number of carbonyl (C=O) groups excluding carboxylic acids is 2. The van der Waals surface area contributed by atoms with Crippen LogP contribution in [0.1, 0.15) is 35.8 Å². The lowest BCUT2D eigenvalue weighted by Gasteiger charge is -2.30. The molecular formula is C19H21N3O4S. The van der Waals surface area contributed by atoms with Gasteiger partial charge in [-0.1, -0.05) is 6.92 Å². The second kappa shape index (κ2) is 7.56. The Kier molecular flexibility index (Phi) is 4.98. The second-order valence-corrected chi connectivity index (χ2v) is 7.76. The van der Waals surface area contributed by atoms with Gasteiger partial charge < -0.3 is 14.4 Å². The number of amides is 2. The number of hydrogen-bond acceptors (Lipinski definition) is 6. The standard InChI is InChI=1S/C19H21N3O4S/c1-12-4-6-22(7-5-12)17(23)9-14-10-27-19(20-14)21-18(24)13-2-3-15-16(8-13)26-11-25-15/h2-3,8,10,12H,4-7,9,11H2,1H3,(H,20,21,24). The average Bonchev–Trinajstić information content (AvgIpc) is 3.30. The fraction of sp³-hybridized carbons (Fsp3) is 0.421. The van der Waals surface area contributed by atoms with E-state index < -0.39 is 0 Å². The topological polar surface area (TPSA) is 80.8 Å². The molecule has 4 rings (SSSR count). The molecule has 2 aliphatic heterocycles. The van der Waals surface area contributed by atoms with Crippen LogP contribution in [0.4, 0.5) is 5.13 Å². The van der Waals surface area contributed by atoms with E-state index in [2.05, 4.69) is 17.2 Å². The van der Waals surface area contributed by atoms with Gasteiger partial charge in [0.2, 0.25) is 12.7 Å². The van der Waals surface area contributed by atoms with E-state index >= 15 is 0 Å². The molecule has 2 aromatic rings. The highest BCUT2D eigenvalue weighted by molar-refractivity contribution is 7.14. The quantitative estimate of drug-likeness (QED) is 0.872. The summed E-state index contributed by atoms with van der Waals surface area (Å²) in [6.07, 6.45) is 2.38. The average molecular weight is 387 g/mol. The van der Waals surface area contributed by atoms with Gasteiger partial charge in [0.05, 0.1) is 12.1 Å². The van der Waals surface area contributed by atoms with Crippen molar-refractivity contribution in [2.45, 2.75) is 26.2 Å². The van der Waals surface area contributed by atoms with E-state index in [1.54, 1.807) is 18.2 Å². The lowest BCUT2D eigenvalue weighted by molar-refractivity contribution is -0.131. The van der Waals surface area contributed by atoms with Gasteiger partial charge in [0.15, 0.2) is 16.6 Å². The summed E-state index contributed by atoms with van der Waals surface area (Å²) in [6.45, 7) is 4.02. The van der Waals surface area contributed by atoms with Gasteiger partial charge in [0.25, 0.3) is 5.91 Å². The predicted molar refractivity (Wildman–Crippen MR) is 101 cm³/mol. The molecule has 27 heavy (non-hydrogen) atoms. The Bertz CT molecular complexity index is 858. The number of thiazole rings is 1. The first kappa shape index (κ1) is 17.8. The largest absolute Gasteiger partial charge is 0.454 e. The van der Waals surface area contributed by atoms with Crippen molar-refractivity contribution in [3.05, 3.63) is 34.8 Å². The van der Waals surface area contributed by atoms with Crippen LogP contribution in [0.2, 0.25) is 0 Å². The number of piperidine rings is 1. The second-order valence-electron chi connectivity index (χ2n) is 6.91. The maximum Gasteiger partial charge on any atom is 0.257 e. The molecule has 7 nitrogen and oxygen atoms in total. The summed E-state index contributed by atoms with van der Waals surface area (Å²) in [6, 6.07) is 5.04. The highest BCUT2D eigenvalue weighted by atomic mass is 32.1. The van der Waals surface area contributed by atoms with Crippen molar-refractivity contribution >= 4 is 28.3 Å². The zero-order valence-electron chi connectivity index (χ0n) is 15.1. The number of hydrogen-bond donors (Lipinski definition) is 1. The molecule has 0 spiro atoms. The molecule has 1 aromatic carbocycles. The summed E-state index contributed by atoms with van der Waals surface area (Å²) in [7, 11) is 0. The number of rotatable bonds is 4. The van der Waals surface area contributed by atoms with Crippen molar-refractivity contribution < 1.29 is 19.1 Å². The summed E-state index contributed by atoms with van der Waals surface area (Å²) in [5, 5.41) is 5.07. The third-order valence-corrected chi connectivity index (χ3v) is 5.68. The highest BCUT2D eigenvalue weighted by Crippen LogP contribution is 2.32. The third-order valence-electron chi connectivity index (χ3n) is 4.88. The number of likely N-dealkylation sites (tertiary alicyclic amines) is 1. The van der Waals surface area contributed by atoms with Crippen LogP contribution in [0.3, 0.4) is 0 Å². The summed E-state index contributed by atoms with van der Waals surface area (Å²) < 4.78 is 10.5. The molecule has 0 aliphatic carbocycles. The Balaban J connectivity index is 1.35. The van der Waals surface area contributed by atoms with Crippen LogP contribution < -0.4 is 14.8 Å². The lowest BCUT2D eigenvalue weighted by Crippen LogP contribution is -2.38. The van der Waals surface area contributed by atoms with E-state index in [9.17, 15) is 9.59 Å². The van der Waals surface area contributed by atoms with E-state index in [-0.39, 0.29) is 25.0 Å². The van der Waals surface area contributed by atoms with E-state index in [0.717, 1.165) is 25.9 Å². The molecule has 1 aromatic heterocycles. The monoisotopic (exact) mass is 387 g/mol. The number of anilines is 1. The predicted octanol–water partition coefficient (Wildman–Crippen LogP) is 2.93. The van der Waals surface area contributed by atoms with Crippen LogP contribution in [-0.4, -0.2) is 41.6 Å². The van der Waals surface area contributed by atoms with Crippen molar-refractivity contribution in [2.75, 3.05) is 25.2 Å². The third kappa shape index (κ3) is 4.05. The zero-order valence-corrected chi connectivity index (χ0v) is 15.9. The minimum absolute atomic E-state index is 0.0980. The van der Waals surface area contributed by atoms with Crippen LogP contribution >= 0.6 is 11.3 Å². The van der Waals surface area contributed by atoms with Crippen LogP contribution in [-0.2, 0) is 11.2 Å². The lowest BCUT2D eigenvalue weighted by atomic mass is 9.99. The zero-order chi connectivity index (χ0) is 18.8. The molecule has 142 valence electrons. The van der Waals surface area contributed by atoms with E-state index in [1.165, 1.54) is 11.3 Å². The molecule has 8 heteroatoms. The van der Waals surface area contributed by atoms with Gasteiger partial charge in [0.1, 0.15) is 0 Å². The van der Waals surface area contributed by atoms with Crippen LogP contribution in [0.5, 0.6) is 11.5 Å². The first-order valence-electron chi connectivity index (χ1n) is 9.01. The molecule has 1 fully saturated rings. The first-order chi connectivity index (χ1) is 13.1. The Morgan fingerprint density at radius 1 is 1.26 bits per heavy atom. The Hall–Kier alpha value is -2.61. The van der Waals surface area contributed by atoms with Crippen LogP contribution in [0.15, 0.2) is 23.6 Å². The smallest absolute Gasteiger partial charge is 0.257 e. The molecule has 1 saturated heterocycles. The van der Waals surface area contributed by atoms with Gasteiger partial charge in [0, 0.05) is 24.0 Å². The molecule has 2 aliphatic rings. The number of benzene rings is 1. The van der Waals surface area contributed by atoms with Crippen molar-refractivity contribution in [3.63, 3.8) is 0 Å². The van der Waals surface area contributed by atoms with E-state index in [1.807, 2.05) is 10.3 Å². The summed E-state index contributed by atoms with van der Waals surface area (Å²) in [4.78, 5) is 31.1. The molecule has 0 radical (unpaired) electrons. The van der Waals surface area contributed by atoms with Crippen molar-refractivity contribution in [1.82, 2.24) is 9.88 Å². The normalized spacial score (nSPS) is 16.4. The van der Waals surface area contributed by atoms with Gasteiger partial charge >= 0.3 is 0 Å². The molecule has 0 bridgehead atoms. The molecule has 2 amide bonds. The van der Waals surface area contributed by atoms with Gasteiger partial charge in [-0.05, 0) is 37.0 Å². The molecule has 3 heterocycles. The molecule has 0 saturated carbocycles. The van der Waals surface area contributed by atoms with Gasteiger partial charge in [-0.15, -0.1) is 11.3 Å². The van der Waals surface area contributed by atoms with Crippen LogP contribution in [0, 0.1) is 5.92 Å². The van der Waals surface area contributed by atoms with Crippen molar-refractivity contribution in [1.29, 1.82) is 0 Å². The number of fused-ring (bicyclic) bond motifs is 1. The Morgan fingerprint density at radius 2 is 2.04 bits per heavy atom. The number of nitrogens with zero attached hydrogens (tertiary/aromatic N) is 2. The van der Waals surface area contributed by atoms with Gasteiger partial charge in [-0.3, -0.25) is 14.9 Å². The highest BCUT2D eigenvalue weighted by Gasteiger charge is 2.21. The SMILES string of the molecule is CC1CCN(C(=O)Cc2csc(NC(=O)c3ccc4c(c3)OCO4)n2)CC1. The van der Waals surface area contributed by atoms with Gasteiger partial charge in [-0.25, -0.2) is 4.98 Å². The van der Waals surface area contributed by atoms with Crippen molar-refractivity contribution in [3.8, 4) is 11.5 Å².